The number of nitrogens with zero attached hydrogens (tertiary/aromatic N) is 1. The summed E-state index contributed by atoms with van der Waals surface area (Å²) in [5.74, 6) is 0. The van der Waals surface area contributed by atoms with Crippen molar-refractivity contribution in [2.24, 2.45) is 0 Å². The molecular formula is C11H13NO2. The summed E-state index contributed by atoms with van der Waals surface area (Å²) in [7, 11) is 0. The summed E-state index contributed by atoms with van der Waals surface area (Å²) < 4.78 is 7.10. The van der Waals surface area contributed by atoms with E-state index in [1.807, 2.05) is 17.0 Å². The molecule has 2 heterocycles. The molecule has 0 aromatic carbocycles. The van der Waals surface area contributed by atoms with E-state index < -0.39 is 0 Å². The van der Waals surface area contributed by atoms with Gasteiger partial charge >= 0.3 is 5.63 Å². The van der Waals surface area contributed by atoms with Gasteiger partial charge in [0, 0.05) is 29.4 Å². The van der Waals surface area contributed by atoms with Gasteiger partial charge in [-0.15, -0.1) is 0 Å². The summed E-state index contributed by atoms with van der Waals surface area (Å²) in [6.45, 7) is 6.30. The zero-order chi connectivity index (χ0) is 10.3. The van der Waals surface area contributed by atoms with Gasteiger partial charge in [0.25, 0.3) is 0 Å². The lowest BCUT2D eigenvalue weighted by Crippen LogP contribution is -2.19. The quantitative estimate of drug-likeness (QED) is 0.640. The van der Waals surface area contributed by atoms with Crippen LogP contribution >= 0.6 is 0 Å². The van der Waals surface area contributed by atoms with E-state index in [1.54, 1.807) is 6.07 Å². The second-order valence-electron chi connectivity index (χ2n) is 4.41. The second-order valence-corrected chi connectivity index (χ2v) is 4.41. The Morgan fingerprint density at radius 2 is 1.93 bits per heavy atom. The molecule has 0 saturated heterocycles. The number of hydrogen-bond donors (Lipinski definition) is 0. The molecule has 14 heavy (non-hydrogen) atoms. The average molecular weight is 191 g/mol. The van der Waals surface area contributed by atoms with Crippen LogP contribution in [0.1, 0.15) is 20.8 Å². The Bertz CT molecular complexity index is 514. The predicted octanol–water partition coefficient (Wildman–Crippen LogP) is 2.35. The maximum absolute atomic E-state index is 11.0. The predicted molar refractivity (Wildman–Crippen MR) is 55.5 cm³/mol. The van der Waals surface area contributed by atoms with Crippen LogP contribution in [0.15, 0.2) is 33.7 Å². The lowest BCUT2D eigenvalue weighted by molar-refractivity contribution is 0.398. The van der Waals surface area contributed by atoms with Gasteiger partial charge < -0.3 is 8.98 Å². The van der Waals surface area contributed by atoms with Crippen LogP contribution < -0.4 is 5.63 Å². The van der Waals surface area contributed by atoms with Gasteiger partial charge in [0.2, 0.25) is 0 Å². The number of hydrogen-bond acceptors (Lipinski definition) is 2. The topological polar surface area (TPSA) is 35.1 Å². The fraction of sp³-hybridized carbons (Fsp3) is 0.364. The first-order chi connectivity index (χ1) is 6.47. The molecule has 0 aliphatic heterocycles. The van der Waals surface area contributed by atoms with Crippen LogP contribution in [0.4, 0.5) is 0 Å². The Labute approximate surface area is 82.0 Å². The Balaban J connectivity index is 2.69. The van der Waals surface area contributed by atoms with Gasteiger partial charge in [-0.3, -0.25) is 0 Å². The molecule has 0 N–H and O–H groups in total. The van der Waals surface area contributed by atoms with Crippen molar-refractivity contribution in [2.45, 2.75) is 26.3 Å². The number of fused-ring (bicyclic) bond motifs is 1. The summed E-state index contributed by atoms with van der Waals surface area (Å²) in [4.78, 5) is 11.0. The van der Waals surface area contributed by atoms with Crippen molar-refractivity contribution in [2.75, 3.05) is 0 Å². The van der Waals surface area contributed by atoms with E-state index in [4.69, 9.17) is 4.42 Å². The highest BCUT2D eigenvalue weighted by atomic mass is 16.4. The largest absolute Gasteiger partial charge is 0.421 e. The highest BCUT2D eigenvalue weighted by molar-refractivity contribution is 5.75. The summed E-state index contributed by atoms with van der Waals surface area (Å²) in [6, 6.07) is 3.22. The van der Waals surface area contributed by atoms with Gasteiger partial charge in [0.15, 0.2) is 5.58 Å². The van der Waals surface area contributed by atoms with Gasteiger partial charge in [-0.1, -0.05) is 0 Å². The first-order valence-corrected chi connectivity index (χ1v) is 4.59. The molecule has 2 aromatic rings. The molecule has 2 rings (SSSR count). The number of rotatable bonds is 0. The van der Waals surface area contributed by atoms with Crippen LogP contribution in [-0.2, 0) is 5.54 Å². The zero-order valence-corrected chi connectivity index (χ0v) is 8.57. The van der Waals surface area contributed by atoms with Crippen LogP contribution in [0, 0.1) is 0 Å². The molecule has 2 aromatic heterocycles. The van der Waals surface area contributed by atoms with Crippen molar-refractivity contribution in [1.82, 2.24) is 4.57 Å². The van der Waals surface area contributed by atoms with Gasteiger partial charge in [-0.05, 0) is 26.8 Å². The Morgan fingerprint density at radius 1 is 1.21 bits per heavy atom. The lowest BCUT2D eigenvalue weighted by atomic mass is 10.1. The van der Waals surface area contributed by atoms with E-state index in [9.17, 15) is 4.79 Å². The van der Waals surface area contributed by atoms with Crippen molar-refractivity contribution in [3.05, 3.63) is 34.9 Å². The molecule has 3 heteroatoms. The minimum Gasteiger partial charge on any atom is -0.421 e. The van der Waals surface area contributed by atoms with E-state index in [2.05, 4.69) is 20.8 Å². The maximum atomic E-state index is 11.0. The van der Waals surface area contributed by atoms with Crippen molar-refractivity contribution >= 4 is 11.0 Å². The minimum absolute atomic E-state index is 0.0115. The molecule has 0 saturated carbocycles. The Kier molecular flexibility index (Phi) is 1.77. The molecule has 0 bridgehead atoms. The molecule has 0 radical (unpaired) electrons. The van der Waals surface area contributed by atoms with Crippen LogP contribution in [0.2, 0.25) is 0 Å². The molecule has 0 spiro atoms. The molecule has 0 atom stereocenters. The van der Waals surface area contributed by atoms with Crippen molar-refractivity contribution in [3.8, 4) is 0 Å². The third kappa shape index (κ3) is 1.45. The van der Waals surface area contributed by atoms with Crippen LogP contribution in [-0.4, -0.2) is 4.57 Å². The second kappa shape index (κ2) is 2.74. The highest BCUT2D eigenvalue weighted by Gasteiger charge is 2.13. The van der Waals surface area contributed by atoms with Crippen molar-refractivity contribution < 1.29 is 4.42 Å². The first-order valence-electron chi connectivity index (χ1n) is 4.59. The van der Waals surface area contributed by atoms with Gasteiger partial charge in [-0.25, -0.2) is 4.79 Å². The summed E-state index contributed by atoms with van der Waals surface area (Å²) >= 11 is 0. The minimum atomic E-state index is -0.302. The Morgan fingerprint density at radius 3 is 2.57 bits per heavy atom. The SMILES string of the molecule is CC(C)(C)n1cc2ccc(=O)oc2c1. The van der Waals surface area contributed by atoms with Gasteiger partial charge in [0.05, 0.1) is 0 Å². The average Bonchev–Trinajstić information content (AvgIpc) is 2.45. The first kappa shape index (κ1) is 9.06. The fourth-order valence-electron chi connectivity index (χ4n) is 1.35. The van der Waals surface area contributed by atoms with E-state index in [-0.39, 0.29) is 11.2 Å². The summed E-state index contributed by atoms with van der Waals surface area (Å²) in [6.07, 6.45) is 3.84. The molecule has 3 nitrogen and oxygen atoms in total. The summed E-state index contributed by atoms with van der Waals surface area (Å²) in [5.41, 5.74) is 0.356. The Hall–Kier alpha value is -1.51. The molecule has 0 aliphatic carbocycles. The maximum Gasteiger partial charge on any atom is 0.336 e. The fourth-order valence-corrected chi connectivity index (χ4v) is 1.35. The zero-order valence-electron chi connectivity index (χ0n) is 8.57. The van der Waals surface area contributed by atoms with E-state index >= 15 is 0 Å². The molecule has 0 amide bonds. The monoisotopic (exact) mass is 191 g/mol. The molecule has 0 aliphatic rings. The van der Waals surface area contributed by atoms with Gasteiger partial charge in [0.1, 0.15) is 0 Å². The van der Waals surface area contributed by atoms with Crippen molar-refractivity contribution in [3.63, 3.8) is 0 Å². The molecule has 74 valence electrons. The van der Waals surface area contributed by atoms with E-state index in [1.165, 1.54) is 6.07 Å². The lowest BCUT2D eigenvalue weighted by Gasteiger charge is -2.20. The third-order valence-electron chi connectivity index (χ3n) is 2.20. The summed E-state index contributed by atoms with van der Waals surface area (Å²) in [5, 5.41) is 0.958. The van der Waals surface area contributed by atoms with Crippen LogP contribution in [0.25, 0.3) is 11.0 Å². The normalized spacial score (nSPS) is 12.2. The van der Waals surface area contributed by atoms with E-state index in [0.717, 1.165) is 5.39 Å². The standard InChI is InChI=1S/C11H13NO2/c1-11(2,3)12-6-8-4-5-10(13)14-9(8)7-12/h4-7H,1-3H3. The van der Waals surface area contributed by atoms with Gasteiger partial charge in [-0.2, -0.15) is 0 Å². The molecule has 0 unspecified atom stereocenters. The van der Waals surface area contributed by atoms with Crippen LogP contribution in [0.5, 0.6) is 0 Å². The van der Waals surface area contributed by atoms with Crippen LogP contribution in [0.3, 0.4) is 0 Å². The van der Waals surface area contributed by atoms with Crippen molar-refractivity contribution in [1.29, 1.82) is 0 Å². The molecular weight excluding hydrogens is 178 g/mol. The third-order valence-corrected chi connectivity index (χ3v) is 2.20. The molecule has 0 fully saturated rings. The highest BCUT2D eigenvalue weighted by Crippen LogP contribution is 2.20. The van der Waals surface area contributed by atoms with E-state index in [0.29, 0.717) is 5.58 Å². The smallest absolute Gasteiger partial charge is 0.336 e. The number of aromatic nitrogens is 1.